The molecule has 0 aliphatic rings. The molecule has 0 atom stereocenters. The van der Waals surface area contributed by atoms with Crippen molar-refractivity contribution < 1.29 is 13.5 Å². The lowest BCUT2D eigenvalue weighted by atomic mass is 10.6. The zero-order chi connectivity index (χ0) is 8.27. The number of rotatable bonds is 2. The maximum absolute atomic E-state index is 11.6. The molecule has 0 aliphatic heterocycles. The number of hydrogen-bond acceptors (Lipinski definition) is 3. The van der Waals surface area contributed by atoms with Crippen LogP contribution < -0.4 is 4.74 Å². The highest BCUT2D eigenvalue weighted by Crippen LogP contribution is 2.07. The summed E-state index contributed by atoms with van der Waals surface area (Å²) in [7, 11) is 0. The van der Waals surface area contributed by atoms with Crippen molar-refractivity contribution in [1.82, 2.24) is 9.97 Å². The Bertz CT molecular complexity index is 242. The van der Waals surface area contributed by atoms with Crippen molar-refractivity contribution in [3.05, 3.63) is 18.1 Å². The number of halogens is 2. The summed E-state index contributed by atoms with van der Waals surface area (Å²) in [5.41, 5.74) is 0. The molecule has 11 heavy (non-hydrogen) atoms. The standard InChI is InChI=1S/C6H5F2N2O/c1-4-9-3-2-5(10-4)11-6(7)8/h2,6H,1H3. The molecular formula is C6H5F2N2O. The van der Waals surface area contributed by atoms with Crippen molar-refractivity contribution >= 4 is 0 Å². The van der Waals surface area contributed by atoms with Gasteiger partial charge < -0.3 is 4.74 Å². The van der Waals surface area contributed by atoms with Crippen LogP contribution in [0.2, 0.25) is 0 Å². The second kappa shape index (κ2) is 3.23. The zero-order valence-corrected chi connectivity index (χ0v) is 5.71. The topological polar surface area (TPSA) is 35.0 Å². The van der Waals surface area contributed by atoms with E-state index < -0.39 is 6.61 Å². The first-order valence-corrected chi connectivity index (χ1v) is 2.85. The first-order valence-electron chi connectivity index (χ1n) is 2.85. The Kier molecular flexibility index (Phi) is 2.30. The number of aromatic nitrogens is 2. The van der Waals surface area contributed by atoms with E-state index in [1.807, 2.05) is 0 Å². The Morgan fingerprint density at radius 1 is 1.64 bits per heavy atom. The number of aryl methyl sites for hydroxylation is 1. The fourth-order valence-corrected chi connectivity index (χ4v) is 0.549. The summed E-state index contributed by atoms with van der Waals surface area (Å²) in [6.45, 7) is -1.29. The minimum Gasteiger partial charge on any atom is -0.417 e. The molecule has 1 rings (SSSR count). The van der Waals surface area contributed by atoms with Crippen LogP contribution in [0.3, 0.4) is 0 Å². The monoisotopic (exact) mass is 159 g/mol. The van der Waals surface area contributed by atoms with Gasteiger partial charge in [-0.1, -0.05) is 0 Å². The van der Waals surface area contributed by atoms with Crippen molar-refractivity contribution in [2.75, 3.05) is 0 Å². The number of nitrogens with zero attached hydrogens (tertiary/aromatic N) is 2. The van der Waals surface area contributed by atoms with E-state index in [0.717, 1.165) is 6.07 Å². The van der Waals surface area contributed by atoms with Gasteiger partial charge in [-0.25, -0.2) is 4.98 Å². The molecule has 1 aromatic heterocycles. The third-order valence-corrected chi connectivity index (χ3v) is 0.896. The van der Waals surface area contributed by atoms with Gasteiger partial charge in [0.2, 0.25) is 5.88 Å². The molecule has 5 heteroatoms. The molecule has 0 unspecified atom stereocenters. The largest absolute Gasteiger partial charge is 0.417 e. The smallest absolute Gasteiger partial charge is 0.388 e. The van der Waals surface area contributed by atoms with Crippen LogP contribution in [0.25, 0.3) is 0 Å². The van der Waals surface area contributed by atoms with Crippen LogP contribution in [-0.4, -0.2) is 16.6 Å². The van der Waals surface area contributed by atoms with E-state index in [0.29, 0.717) is 5.82 Å². The van der Waals surface area contributed by atoms with Crippen LogP contribution in [0.1, 0.15) is 5.82 Å². The van der Waals surface area contributed by atoms with Crippen LogP contribution in [-0.2, 0) is 0 Å². The second-order valence-electron chi connectivity index (χ2n) is 1.76. The van der Waals surface area contributed by atoms with Crippen molar-refractivity contribution in [2.24, 2.45) is 0 Å². The Labute approximate surface area is 62.0 Å². The summed E-state index contributed by atoms with van der Waals surface area (Å²) < 4.78 is 27.1. The molecule has 0 amide bonds. The maximum atomic E-state index is 11.6. The average Bonchev–Trinajstić information content (AvgIpc) is 1.85. The molecule has 0 spiro atoms. The van der Waals surface area contributed by atoms with Gasteiger partial charge in [0.1, 0.15) is 5.82 Å². The third kappa shape index (κ3) is 2.45. The lowest BCUT2D eigenvalue weighted by Gasteiger charge is -2.01. The summed E-state index contributed by atoms with van der Waals surface area (Å²) in [6, 6.07) is 1.15. The zero-order valence-electron chi connectivity index (χ0n) is 5.71. The molecule has 3 nitrogen and oxygen atoms in total. The van der Waals surface area contributed by atoms with E-state index in [1.165, 1.54) is 0 Å². The van der Waals surface area contributed by atoms with E-state index in [4.69, 9.17) is 0 Å². The van der Waals surface area contributed by atoms with Gasteiger partial charge in [-0.3, -0.25) is 0 Å². The fourth-order valence-electron chi connectivity index (χ4n) is 0.549. The van der Waals surface area contributed by atoms with Crippen LogP contribution in [0, 0.1) is 13.1 Å². The van der Waals surface area contributed by atoms with Crippen LogP contribution in [0.5, 0.6) is 5.88 Å². The molecule has 0 N–H and O–H groups in total. The Morgan fingerprint density at radius 3 is 2.91 bits per heavy atom. The maximum Gasteiger partial charge on any atom is 0.388 e. The lowest BCUT2D eigenvalue weighted by Crippen LogP contribution is -2.04. The fraction of sp³-hybridized carbons (Fsp3) is 0.333. The summed E-state index contributed by atoms with van der Waals surface area (Å²) in [5, 5.41) is 0. The summed E-state index contributed by atoms with van der Waals surface area (Å²) in [6.07, 6.45) is 2.36. The van der Waals surface area contributed by atoms with Crippen LogP contribution in [0.4, 0.5) is 8.78 Å². The predicted molar refractivity (Wildman–Crippen MR) is 32.2 cm³/mol. The van der Waals surface area contributed by atoms with Gasteiger partial charge in [0, 0.05) is 6.07 Å². The van der Waals surface area contributed by atoms with E-state index >= 15 is 0 Å². The average molecular weight is 159 g/mol. The predicted octanol–water partition coefficient (Wildman–Crippen LogP) is 1.19. The normalized spacial score (nSPS) is 10.2. The van der Waals surface area contributed by atoms with Gasteiger partial charge in [-0.05, 0) is 6.92 Å². The van der Waals surface area contributed by atoms with Gasteiger partial charge in [0.15, 0.2) is 0 Å². The van der Waals surface area contributed by atoms with E-state index in [1.54, 1.807) is 6.92 Å². The summed E-state index contributed by atoms with van der Waals surface area (Å²) >= 11 is 0. The van der Waals surface area contributed by atoms with Crippen molar-refractivity contribution in [2.45, 2.75) is 13.5 Å². The van der Waals surface area contributed by atoms with Gasteiger partial charge >= 0.3 is 6.61 Å². The molecular weight excluding hydrogens is 154 g/mol. The van der Waals surface area contributed by atoms with Gasteiger partial charge in [0.25, 0.3) is 0 Å². The highest BCUT2D eigenvalue weighted by atomic mass is 19.3. The van der Waals surface area contributed by atoms with E-state index in [2.05, 4.69) is 20.9 Å². The molecule has 0 aromatic carbocycles. The highest BCUT2D eigenvalue weighted by molar-refractivity contribution is 5.06. The molecule has 0 aliphatic carbocycles. The van der Waals surface area contributed by atoms with E-state index in [-0.39, 0.29) is 5.88 Å². The summed E-state index contributed by atoms with van der Waals surface area (Å²) in [5.74, 6) is 0.190. The van der Waals surface area contributed by atoms with Crippen molar-refractivity contribution in [3.63, 3.8) is 0 Å². The van der Waals surface area contributed by atoms with Crippen molar-refractivity contribution in [3.8, 4) is 5.88 Å². The van der Waals surface area contributed by atoms with Gasteiger partial charge in [-0.2, -0.15) is 13.8 Å². The number of alkyl halides is 2. The second-order valence-corrected chi connectivity index (χ2v) is 1.76. The molecule has 1 radical (unpaired) electrons. The summed E-state index contributed by atoms with van der Waals surface area (Å²) in [4.78, 5) is 7.15. The Balaban J connectivity index is 2.71. The molecule has 0 saturated heterocycles. The van der Waals surface area contributed by atoms with Gasteiger partial charge in [0.05, 0.1) is 6.20 Å². The molecule has 0 saturated carbocycles. The number of hydrogen-bond donors (Lipinski definition) is 0. The molecule has 1 heterocycles. The number of ether oxygens (including phenoxy) is 1. The van der Waals surface area contributed by atoms with Crippen molar-refractivity contribution in [1.29, 1.82) is 0 Å². The van der Waals surface area contributed by atoms with Crippen LogP contribution in [0.15, 0.2) is 6.07 Å². The minimum absolute atomic E-state index is 0.160. The molecule has 0 bridgehead atoms. The Hall–Kier alpha value is -1.26. The first kappa shape index (κ1) is 7.84. The quantitative estimate of drug-likeness (QED) is 0.650. The van der Waals surface area contributed by atoms with E-state index in [9.17, 15) is 8.78 Å². The SMILES string of the molecule is Cc1n[c]cc(OC(F)F)n1. The molecule has 0 fully saturated rings. The minimum atomic E-state index is -2.85. The lowest BCUT2D eigenvalue weighted by molar-refractivity contribution is -0.0530. The highest BCUT2D eigenvalue weighted by Gasteiger charge is 2.04. The van der Waals surface area contributed by atoms with Gasteiger partial charge in [-0.15, -0.1) is 0 Å². The first-order chi connectivity index (χ1) is 5.18. The van der Waals surface area contributed by atoms with Crippen LogP contribution >= 0.6 is 0 Å². The molecule has 59 valence electrons. The molecule has 1 aromatic rings. The Morgan fingerprint density at radius 2 is 2.36 bits per heavy atom. The third-order valence-electron chi connectivity index (χ3n) is 0.896.